The van der Waals surface area contributed by atoms with Gasteiger partial charge in [0.25, 0.3) is 5.91 Å². The van der Waals surface area contributed by atoms with Gasteiger partial charge in [0.2, 0.25) is 0 Å². The van der Waals surface area contributed by atoms with E-state index in [9.17, 15) is 22.8 Å². The Labute approximate surface area is 210 Å². The van der Waals surface area contributed by atoms with Crippen LogP contribution in [-0.2, 0) is 22.4 Å². The van der Waals surface area contributed by atoms with Crippen LogP contribution < -0.4 is 10.2 Å². The van der Waals surface area contributed by atoms with Crippen molar-refractivity contribution in [3.05, 3.63) is 102 Å². The molecule has 0 aliphatic rings. The SMILES string of the molecule is CCC(=O)OOc1ccc(-c2ccc(CNC(=O)c3cnn(-c4ccccc4)c3C(F)(F)F)cc2)cc1. The van der Waals surface area contributed by atoms with E-state index in [0.29, 0.717) is 16.0 Å². The van der Waals surface area contributed by atoms with Crippen molar-refractivity contribution < 1.29 is 32.5 Å². The number of para-hydroxylation sites is 1. The van der Waals surface area contributed by atoms with Crippen LogP contribution in [0.1, 0.15) is 35.0 Å². The Balaban J connectivity index is 1.42. The monoisotopic (exact) mass is 509 g/mol. The topological polar surface area (TPSA) is 82.4 Å². The van der Waals surface area contributed by atoms with Crippen molar-refractivity contribution in [2.45, 2.75) is 26.1 Å². The predicted molar refractivity (Wildman–Crippen MR) is 129 cm³/mol. The van der Waals surface area contributed by atoms with Crippen molar-refractivity contribution in [2.24, 2.45) is 0 Å². The molecule has 0 saturated carbocycles. The first-order valence-corrected chi connectivity index (χ1v) is 11.3. The number of aromatic nitrogens is 2. The Hall–Kier alpha value is -4.60. The fourth-order valence-electron chi connectivity index (χ4n) is 3.50. The zero-order valence-corrected chi connectivity index (χ0v) is 19.7. The number of benzene rings is 3. The van der Waals surface area contributed by atoms with Crippen molar-refractivity contribution in [3.8, 4) is 22.6 Å². The van der Waals surface area contributed by atoms with E-state index in [1.165, 1.54) is 12.1 Å². The number of hydrogen-bond donors (Lipinski definition) is 1. The van der Waals surface area contributed by atoms with Gasteiger partial charge in [-0.2, -0.15) is 18.3 Å². The third-order valence-corrected chi connectivity index (χ3v) is 5.40. The van der Waals surface area contributed by atoms with Crippen LogP contribution >= 0.6 is 0 Å². The van der Waals surface area contributed by atoms with Gasteiger partial charge in [0.05, 0.1) is 17.4 Å². The fourth-order valence-corrected chi connectivity index (χ4v) is 3.50. The molecule has 4 aromatic rings. The summed E-state index contributed by atoms with van der Waals surface area (Å²) in [7, 11) is 0. The molecule has 37 heavy (non-hydrogen) atoms. The number of carbonyl (C=O) groups is 2. The van der Waals surface area contributed by atoms with E-state index in [1.54, 1.807) is 61.5 Å². The van der Waals surface area contributed by atoms with Crippen LogP contribution in [0, 0.1) is 0 Å². The minimum absolute atomic E-state index is 0.0303. The Morgan fingerprint density at radius 1 is 0.919 bits per heavy atom. The molecule has 3 aromatic carbocycles. The summed E-state index contributed by atoms with van der Waals surface area (Å²) in [5.41, 5.74) is 0.950. The molecular weight excluding hydrogens is 487 g/mol. The molecule has 0 atom stereocenters. The van der Waals surface area contributed by atoms with Crippen molar-refractivity contribution in [1.29, 1.82) is 0 Å². The van der Waals surface area contributed by atoms with Gasteiger partial charge in [0.1, 0.15) is 0 Å². The van der Waals surface area contributed by atoms with Crippen LogP contribution in [0.25, 0.3) is 16.8 Å². The lowest BCUT2D eigenvalue weighted by atomic mass is 10.0. The number of carbonyl (C=O) groups excluding carboxylic acids is 2. The maximum atomic E-state index is 13.8. The molecule has 1 N–H and O–H groups in total. The van der Waals surface area contributed by atoms with Gasteiger partial charge in [0, 0.05) is 13.0 Å². The molecule has 7 nitrogen and oxygen atoms in total. The van der Waals surface area contributed by atoms with Gasteiger partial charge in [-0.15, -0.1) is 0 Å². The first kappa shape index (κ1) is 25.5. The van der Waals surface area contributed by atoms with Crippen LogP contribution in [0.2, 0.25) is 0 Å². The molecule has 0 radical (unpaired) electrons. The molecule has 1 heterocycles. The minimum Gasteiger partial charge on any atom is -0.348 e. The third kappa shape index (κ3) is 6.16. The van der Waals surface area contributed by atoms with Gasteiger partial charge in [-0.3, -0.25) is 14.6 Å². The van der Waals surface area contributed by atoms with Gasteiger partial charge in [-0.25, -0.2) is 9.48 Å². The van der Waals surface area contributed by atoms with Crippen molar-refractivity contribution in [1.82, 2.24) is 15.1 Å². The van der Waals surface area contributed by atoms with Crippen LogP contribution in [-0.4, -0.2) is 21.7 Å². The first-order valence-electron chi connectivity index (χ1n) is 11.3. The van der Waals surface area contributed by atoms with E-state index in [0.717, 1.165) is 17.3 Å². The number of hydrogen-bond acceptors (Lipinski definition) is 5. The summed E-state index contributed by atoms with van der Waals surface area (Å²) >= 11 is 0. The average Bonchev–Trinajstić information content (AvgIpc) is 3.38. The number of nitrogens with one attached hydrogen (secondary N) is 1. The van der Waals surface area contributed by atoms with Gasteiger partial charge in [-0.05, 0) is 41.0 Å². The standard InChI is InChI=1S/C27H22F3N3O4/c1-2-24(34)37-36-22-14-12-20(13-15-22)19-10-8-18(9-11-19)16-31-26(35)23-17-32-33(25(23)27(28,29)30)21-6-4-3-5-7-21/h3-15,17H,2,16H2,1H3,(H,31,35). The second kappa shape index (κ2) is 11.0. The van der Waals surface area contributed by atoms with Crippen LogP contribution in [0.3, 0.4) is 0 Å². The van der Waals surface area contributed by atoms with Crippen molar-refractivity contribution in [3.63, 3.8) is 0 Å². The summed E-state index contributed by atoms with van der Waals surface area (Å²) in [6.07, 6.45) is -3.66. The Morgan fingerprint density at radius 3 is 2.14 bits per heavy atom. The highest BCUT2D eigenvalue weighted by Crippen LogP contribution is 2.33. The van der Waals surface area contributed by atoms with Crippen molar-refractivity contribution >= 4 is 11.9 Å². The number of halogens is 3. The van der Waals surface area contributed by atoms with Crippen LogP contribution in [0.4, 0.5) is 13.2 Å². The average molecular weight is 509 g/mol. The lowest BCUT2D eigenvalue weighted by Crippen LogP contribution is -2.26. The molecule has 0 unspecified atom stereocenters. The Kier molecular flexibility index (Phi) is 7.57. The number of alkyl halides is 3. The summed E-state index contributed by atoms with van der Waals surface area (Å²) < 4.78 is 42.1. The van der Waals surface area contributed by atoms with Crippen LogP contribution in [0.15, 0.2) is 85.1 Å². The second-order valence-electron chi connectivity index (χ2n) is 7.95. The number of rotatable bonds is 8. The van der Waals surface area contributed by atoms with E-state index >= 15 is 0 Å². The number of amides is 1. The molecule has 0 aliphatic carbocycles. The molecule has 10 heteroatoms. The van der Waals surface area contributed by atoms with Crippen LogP contribution in [0.5, 0.6) is 5.75 Å². The van der Waals surface area contributed by atoms with Crippen molar-refractivity contribution in [2.75, 3.05) is 0 Å². The highest BCUT2D eigenvalue weighted by atomic mass is 19.4. The van der Waals surface area contributed by atoms with Gasteiger partial charge < -0.3 is 5.32 Å². The quantitative estimate of drug-likeness (QED) is 0.242. The summed E-state index contributed by atoms with van der Waals surface area (Å²) in [5, 5.41) is 6.34. The Morgan fingerprint density at radius 2 is 1.54 bits per heavy atom. The number of nitrogens with zero attached hydrogens (tertiary/aromatic N) is 2. The molecule has 0 aliphatic heterocycles. The summed E-state index contributed by atoms with van der Waals surface area (Å²) in [6.45, 7) is 1.69. The highest BCUT2D eigenvalue weighted by Gasteiger charge is 2.40. The molecular formula is C27H22F3N3O4. The largest absolute Gasteiger partial charge is 0.434 e. The summed E-state index contributed by atoms with van der Waals surface area (Å²) in [5.74, 6) is -0.983. The Bertz CT molecular complexity index is 1370. The molecule has 0 bridgehead atoms. The third-order valence-electron chi connectivity index (χ3n) is 5.40. The maximum Gasteiger partial charge on any atom is 0.434 e. The molecule has 4 rings (SSSR count). The fraction of sp³-hybridized carbons (Fsp3) is 0.148. The normalized spacial score (nSPS) is 11.1. The van der Waals surface area contributed by atoms with Gasteiger partial charge in [0.15, 0.2) is 11.4 Å². The lowest BCUT2D eigenvalue weighted by Gasteiger charge is -2.13. The van der Waals surface area contributed by atoms with E-state index in [4.69, 9.17) is 4.89 Å². The highest BCUT2D eigenvalue weighted by molar-refractivity contribution is 5.95. The van der Waals surface area contributed by atoms with Gasteiger partial charge >= 0.3 is 12.1 Å². The zero-order chi connectivity index (χ0) is 26.4. The molecule has 0 saturated heterocycles. The first-order chi connectivity index (χ1) is 17.8. The second-order valence-corrected chi connectivity index (χ2v) is 7.95. The zero-order valence-electron chi connectivity index (χ0n) is 19.7. The molecule has 1 aromatic heterocycles. The predicted octanol–water partition coefficient (Wildman–Crippen LogP) is 5.74. The van der Waals surface area contributed by atoms with E-state index in [2.05, 4.69) is 15.3 Å². The minimum atomic E-state index is -4.78. The van der Waals surface area contributed by atoms with E-state index < -0.39 is 29.3 Å². The summed E-state index contributed by atoms with van der Waals surface area (Å²) in [4.78, 5) is 33.4. The molecule has 0 fully saturated rings. The lowest BCUT2D eigenvalue weighted by molar-refractivity contribution is -0.213. The molecule has 0 spiro atoms. The van der Waals surface area contributed by atoms with E-state index in [1.807, 2.05) is 12.1 Å². The maximum absolute atomic E-state index is 13.8. The molecule has 1 amide bonds. The van der Waals surface area contributed by atoms with Gasteiger partial charge in [-0.1, -0.05) is 61.5 Å². The summed E-state index contributed by atoms with van der Waals surface area (Å²) in [6, 6.07) is 21.9. The molecule has 190 valence electrons. The smallest absolute Gasteiger partial charge is 0.348 e. The van der Waals surface area contributed by atoms with E-state index in [-0.39, 0.29) is 18.7 Å².